The smallest absolute Gasteiger partial charge is 0.0396 e. The van der Waals surface area contributed by atoms with Crippen molar-refractivity contribution >= 4 is 5.69 Å². The predicted octanol–water partition coefficient (Wildman–Crippen LogP) is 5.00. The number of hydrogen-bond acceptors (Lipinski definition) is 2. The molecule has 0 spiro atoms. The van der Waals surface area contributed by atoms with Crippen molar-refractivity contribution in [1.29, 1.82) is 0 Å². The van der Waals surface area contributed by atoms with Gasteiger partial charge in [-0.15, -0.1) is 0 Å². The standard InChI is InChI=1S/C23H32N2/c1-23(24-18-15-19-9-5-4-6-10-19)16-13-20(14-17-23)21-11-7-8-12-22(21)25(2)3/h4-12,20,24H,13-18H2,1-3H3. The van der Waals surface area contributed by atoms with Gasteiger partial charge in [-0.2, -0.15) is 0 Å². The summed E-state index contributed by atoms with van der Waals surface area (Å²) in [4.78, 5) is 2.25. The van der Waals surface area contributed by atoms with Crippen LogP contribution in [0.3, 0.4) is 0 Å². The molecule has 0 heterocycles. The van der Waals surface area contributed by atoms with Crippen molar-refractivity contribution in [2.24, 2.45) is 0 Å². The van der Waals surface area contributed by atoms with E-state index in [0.29, 0.717) is 11.5 Å². The van der Waals surface area contributed by atoms with E-state index in [1.807, 2.05) is 0 Å². The van der Waals surface area contributed by atoms with Gasteiger partial charge in [-0.25, -0.2) is 0 Å². The van der Waals surface area contributed by atoms with Gasteiger partial charge in [-0.1, -0.05) is 48.5 Å². The number of rotatable bonds is 6. The first kappa shape index (κ1) is 18.0. The normalized spacial score (nSPS) is 23.4. The highest BCUT2D eigenvalue weighted by atomic mass is 15.1. The van der Waals surface area contributed by atoms with Gasteiger partial charge in [0, 0.05) is 25.3 Å². The Kier molecular flexibility index (Phi) is 5.80. The molecule has 1 saturated carbocycles. The van der Waals surface area contributed by atoms with Crippen molar-refractivity contribution in [3.8, 4) is 0 Å². The van der Waals surface area contributed by atoms with Crippen LogP contribution in [0.15, 0.2) is 54.6 Å². The quantitative estimate of drug-likeness (QED) is 0.798. The van der Waals surface area contributed by atoms with Gasteiger partial charge in [0.05, 0.1) is 0 Å². The monoisotopic (exact) mass is 336 g/mol. The average Bonchev–Trinajstić information content (AvgIpc) is 2.63. The van der Waals surface area contributed by atoms with Crippen LogP contribution in [0, 0.1) is 0 Å². The minimum atomic E-state index is 0.290. The van der Waals surface area contributed by atoms with E-state index in [9.17, 15) is 0 Å². The third-order valence-corrected chi connectivity index (χ3v) is 5.76. The highest BCUT2D eigenvalue weighted by Gasteiger charge is 2.31. The van der Waals surface area contributed by atoms with E-state index in [-0.39, 0.29) is 0 Å². The van der Waals surface area contributed by atoms with E-state index in [0.717, 1.165) is 13.0 Å². The topological polar surface area (TPSA) is 15.3 Å². The Morgan fingerprint density at radius 2 is 1.60 bits per heavy atom. The first-order valence-electron chi connectivity index (χ1n) is 9.63. The van der Waals surface area contributed by atoms with E-state index < -0.39 is 0 Å². The van der Waals surface area contributed by atoms with E-state index in [1.54, 1.807) is 0 Å². The summed E-state index contributed by atoms with van der Waals surface area (Å²) in [6.07, 6.45) is 6.19. The molecule has 0 atom stereocenters. The molecule has 1 N–H and O–H groups in total. The van der Waals surface area contributed by atoms with Gasteiger partial charge in [-0.3, -0.25) is 0 Å². The maximum atomic E-state index is 3.85. The lowest BCUT2D eigenvalue weighted by Crippen LogP contribution is -2.45. The second kappa shape index (κ2) is 8.05. The number of benzene rings is 2. The van der Waals surface area contributed by atoms with Crippen molar-refractivity contribution in [2.75, 3.05) is 25.5 Å². The molecule has 2 nitrogen and oxygen atoms in total. The minimum absolute atomic E-state index is 0.290. The van der Waals surface area contributed by atoms with Crippen LogP contribution in [0.25, 0.3) is 0 Å². The Hall–Kier alpha value is -1.80. The lowest BCUT2D eigenvalue weighted by atomic mass is 9.74. The minimum Gasteiger partial charge on any atom is -0.377 e. The van der Waals surface area contributed by atoms with E-state index in [4.69, 9.17) is 0 Å². The van der Waals surface area contributed by atoms with Gasteiger partial charge in [0.1, 0.15) is 0 Å². The zero-order valence-corrected chi connectivity index (χ0v) is 16.0. The molecule has 0 unspecified atom stereocenters. The van der Waals surface area contributed by atoms with Crippen molar-refractivity contribution in [3.63, 3.8) is 0 Å². The summed E-state index contributed by atoms with van der Waals surface area (Å²) in [6, 6.07) is 19.7. The zero-order chi connectivity index (χ0) is 17.7. The Morgan fingerprint density at radius 1 is 0.960 bits per heavy atom. The molecule has 1 aliphatic rings. The molecule has 1 aliphatic carbocycles. The molecule has 2 aromatic carbocycles. The largest absolute Gasteiger partial charge is 0.377 e. The van der Waals surface area contributed by atoms with E-state index in [1.165, 1.54) is 42.5 Å². The maximum absolute atomic E-state index is 3.85. The fourth-order valence-electron chi connectivity index (χ4n) is 4.14. The lowest BCUT2D eigenvalue weighted by molar-refractivity contribution is 0.238. The lowest BCUT2D eigenvalue weighted by Gasteiger charge is -2.39. The van der Waals surface area contributed by atoms with Crippen molar-refractivity contribution in [3.05, 3.63) is 65.7 Å². The summed E-state index contributed by atoms with van der Waals surface area (Å²) in [6.45, 7) is 3.48. The van der Waals surface area contributed by atoms with Crippen LogP contribution in [0.4, 0.5) is 5.69 Å². The molecule has 134 valence electrons. The fraction of sp³-hybridized carbons (Fsp3) is 0.478. The Labute approximate surface area is 153 Å². The second-order valence-corrected chi connectivity index (χ2v) is 7.95. The average molecular weight is 337 g/mol. The summed E-state index contributed by atoms with van der Waals surface area (Å²) in [7, 11) is 4.30. The molecule has 0 radical (unpaired) electrons. The first-order valence-corrected chi connectivity index (χ1v) is 9.63. The molecule has 0 amide bonds. The summed E-state index contributed by atoms with van der Waals surface area (Å²) in [5.41, 5.74) is 4.62. The van der Waals surface area contributed by atoms with Crippen molar-refractivity contribution in [1.82, 2.24) is 5.32 Å². The molecular weight excluding hydrogens is 304 g/mol. The summed E-state index contributed by atoms with van der Waals surface area (Å²) in [5.74, 6) is 0.697. The van der Waals surface area contributed by atoms with Crippen LogP contribution in [-0.4, -0.2) is 26.2 Å². The highest BCUT2D eigenvalue weighted by Crippen LogP contribution is 2.40. The zero-order valence-electron chi connectivity index (χ0n) is 16.0. The molecule has 3 rings (SSSR count). The Morgan fingerprint density at radius 3 is 2.28 bits per heavy atom. The SMILES string of the molecule is CN(C)c1ccccc1C1CCC(C)(NCCc2ccccc2)CC1. The number of nitrogens with zero attached hydrogens (tertiary/aromatic N) is 1. The number of hydrogen-bond donors (Lipinski definition) is 1. The van der Waals surface area contributed by atoms with Crippen LogP contribution >= 0.6 is 0 Å². The molecule has 0 saturated heterocycles. The van der Waals surface area contributed by atoms with Gasteiger partial charge in [0.15, 0.2) is 0 Å². The first-order chi connectivity index (χ1) is 12.1. The van der Waals surface area contributed by atoms with Crippen molar-refractivity contribution in [2.45, 2.75) is 50.5 Å². The van der Waals surface area contributed by atoms with Crippen LogP contribution in [0.5, 0.6) is 0 Å². The van der Waals surface area contributed by atoms with Gasteiger partial charge in [0.25, 0.3) is 0 Å². The van der Waals surface area contributed by atoms with Crippen LogP contribution in [0.2, 0.25) is 0 Å². The van der Waals surface area contributed by atoms with Gasteiger partial charge in [0.2, 0.25) is 0 Å². The Balaban J connectivity index is 1.54. The summed E-state index contributed by atoms with van der Waals surface area (Å²) in [5, 5.41) is 3.85. The molecular formula is C23H32N2. The van der Waals surface area contributed by atoms with E-state index >= 15 is 0 Å². The van der Waals surface area contributed by atoms with Crippen molar-refractivity contribution < 1.29 is 0 Å². The molecule has 1 fully saturated rings. The number of anilines is 1. The van der Waals surface area contributed by atoms with Gasteiger partial charge >= 0.3 is 0 Å². The number of nitrogens with one attached hydrogen (secondary N) is 1. The molecule has 25 heavy (non-hydrogen) atoms. The second-order valence-electron chi connectivity index (χ2n) is 7.95. The third-order valence-electron chi connectivity index (χ3n) is 5.76. The van der Waals surface area contributed by atoms with Crippen LogP contribution < -0.4 is 10.2 Å². The molecule has 0 aromatic heterocycles. The van der Waals surface area contributed by atoms with Gasteiger partial charge in [-0.05, 0) is 68.7 Å². The van der Waals surface area contributed by atoms with Crippen LogP contribution in [-0.2, 0) is 6.42 Å². The van der Waals surface area contributed by atoms with Crippen LogP contribution in [0.1, 0.15) is 49.7 Å². The molecule has 2 aromatic rings. The number of para-hydroxylation sites is 1. The summed E-state index contributed by atoms with van der Waals surface area (Å²) < 4.78 is 0. The maximum Gasteiger partial charge on any atom is 0.0396 e. The highest BCUT2D eigenvalue weighted by molar-refractivity contribution is 5.54. The molecule has 0 bridgehead atoms. The molecule has 2 heteroatoms. The third kappa shape index (κ3) is 4.64. The van der Waals surface area contributed by atoms with Gasteiger partial charge < -0.3 is 10.2 Å². The summed E-state index contributed by atoms with van der Waals surface area (Å²) >= 11 is 0. The van der Waals surface area contributed by atoms with E-state index in [2.05, 4.69) is 85.8 Å². The predicted molar refractivity (Wildman–Crippen MR) is 109 cm³/mol. The Bertz CT molecular complexity index is 655. The molecule has 0 aliphatic heterocycles. The fourth-order valence-corrected chi connectivity index (χ4v) is 4.14.